The van der Waals surface area contributed by atoms with Crippen molar-refractivity contribution in [1.29, 1.82) is 0 Å². The van der Waals surface area contributed by atoms with Crippen molar-refractivity contribution in [1.82, 2.24) is 9.78 Å². The zero-order valence-electron chi connectivity index (χ0n) is 16.1. The Bertz CT molecular complexity index is 1210. The second kappa shape index (κ2) is 8.87. The first-order valence-electron chi connectivity index (χ1n) is 9.44. The van der Waals surface area contributed by atoms with E-state index in [9.17, 15) is 9.59 Å². The van der Waals surface area contributed by atoms with Gasteiger partial charge in [-0.25, -0.2) is 4.68 Å². The Morgan fingerprint density at radius 2 is 1.50 bits per heavy atom. The SMILES string of the molecule is O=C(Cn1nc(-c2ccccc2)ccc1=O)Nc1ccccc1Oc1ccccc1. The van der Waals surface area contributed by atoms with E-state index >= 15 is 0 Å². The van der Waals surface area contributed by atoms with Crippen molar-refractivity contribution in [3.05, 3.63) is 107 Å². The molecule has 3 aromatic carbocycles. The number of rotatable bonds is 6. The van der Waals surface area contributed by atoms with Crippen LogP contribution in [0.5, 0.6) is 11.5 Å². The molecule has 4 aromatic rings. The van der Waals surface area contributed by atoms with E-state index in [2.05, 4.69) is 10.4 Å². The highest BCUT2D eigenvalue weighted by atomic mass is 16.5. The second-order valence-electron chi connectivity index (χ2n) is 6.54. The predicted octanol–water partition coefficient (Wildman–Crippen LogP) is 4.34. The summed E-state index contributed by atoms with van der Waals surface area (Å²) in [5.74, 6) is 0.793. The minimum absolute atomic E-state index is 0.209. The largest absolute Gasteiger partial charge is 0.455 e. The number of nitrogens with one attached hydrogen (secondary N) is 1. The quantitative estimate of drug-likeness (QED) is 0.525. The number of ether oxygens (including phenoxy) is 1. The maximum atomic E-state index is 12.6. The maximum Gasteiger partial charge on any atom is 0.267 e. The van der Waals surface area contributed by atoms with E-state index in [1.165, 1.54) is 6.07 Å². The summed E-state index contributed by atoms with van der Waals surface area (Å²) in [6.07, 6.45) is 0. The first kappa shape index (κ1) is 19.1. The summed E-state index contributed by atoms with van der Waals surface area (Å²) in [6.45, 7) is -0.209. The summed E-state index contributed by atoms with van der Waals surface area (Å²) in [7, 11) is 0. The predicted molar refractivity (Wildman–Crippen MR) is 116 cm³/mol. The third-order valence-corrected chi connectivity index (χ3v) is 4.36. The van der Waals surface area contributed by atoms with E-state index in [4.69, 9.17) is 4.74 Å². The van der Waals surface area contributed by atoms with E-state index < -0.39 is 0 Å². The Hall–Kier alpha value is -4.19. The van der Waals surface area contributed by atoms with E-state index in [-0.39, 0.29) is 18.0 Å². The van der Waals surface area contributed by atoms with Crippen molar-refractivity contribution in [2.75, 3.05) is 5.32 Å². The maximum absolute atomic E-state index is 12.6. The summed E-state index contributed by atoms with van der Waals surface area (Å²) in [4.78, 5) is 24.8. The van der Waals surface area contributed by atoms with Gasteiger partial charge in [-0.1, -0.05) is 60.7 Å². The van der Waals surface area contributed by atoms with Crippen molar-refractivity contribution < 1.29 is 9.53 Å². The lowest BCUT2D eigenvalue weighted by atomic mass is 10.1. The molecule has 6 nitrogen and oxygen atoms in total. The van der Waals surface area contributed by atoms with Gasteiger partial charge in [0.1, 0.15) is 12.3 Å². The summed E-state index contributed by atoms with van der Waals surface area (Å²) in [5.41, 5.74) is 1.65. The highest BCUT2D eigenvalue weighted by molar-refractivity contribution is 5.92. The van der Waals surface area contributed by atoms with Crippen LogP contribution in [0.1, 0.15) is 0 Å². The van der Waals surface area contributed by atoms with Crippen LogP contribution in [0.4, 0.5) is 5.69 Å². The molecule has 0 aliphatic carbocycles. The minimum atomic E-state index is -0.376. The molecular weight excluding hydrogens is 378 g/mol. The molecule has 0 saturated carbocycles. The van der Waals surface area contributed by atoms with Gasteiger partial charge in [-0.05, 0) is 30.3 Å². The molecule has 1 heterocycles. The van der Waals surface area contributed by atoms with Gasteiger partial charge in [-0.15, -0.1) is 0 Å². The number of hydrogen-bond donors (Lipinski definition) is 1. The number of para-hydroxylation sites is 3. The van der Waals surface area contributed by atoms with E-state index in [0.717, 1.165) is 10.2 Å². The number of anilines is 1. The monoisotopic (exact) mass is 397 g/mol. The molecule has 4 rings (SSSR count). The van der Waals surface area contributed by atoms with Gasteiger partial charge in [0.15, 0.2) is 5.75 Å². The van der Waals surface area contributed by atoms with Gasteiger partial charge >= 0.3 is 0 Å². The molecule has 0 saturated heterocycles. The van der Waals surface area contributed by atoms with Crippen molar-refractivity contribution in [2.45, 2.75) is 6.54 Å². The fourth-order valence-corrected chi connectivity index (χ4v) is 2.93. The topological polar surface area (TPSA) is 73.2 Å². The van der Waals surface area contributed by atoms with Crippen LogP contribution in [0.3, 0.4) is 0 Å². The lowest BCUT2D eigenvalue weighted by Gasteiger charge is -2.13. The fraction of sp³-hybridized carbons (Fsp3) is 0.0417. The van der Waals surface area contributed by atoms with Gasteiger partial charge in [0.05, 0.1) is 11.4 Å². The zero-order valence-corrected chi connectivity index (χ0v) is 16.1. The van der Waals surface area contributed by atoms with Gasteiger partial charge < -0.3 is 10.1 Å². The molecular formula is C24H19N3O3. The number of nitrogens with zero attached hydrogens (tertiary/aromatic N) is 2. The molecule has 6 heteroatoms. The molecule has 1 aromatic heterocycles. The van der Waals surface area contributed by atoms with Gasteiger partial charge in [0.25, 0.3) is 5.56 Å². The molecule has 0 fully saturated rings. The second-order valence-corrected chi connectivity index (χ2v) is 6.54. The average molecular weight is 397 g/mol. The molecule has 0 atom stereocenters. The lowest BCUT2D eigenvalue weighted by Crippen LogP contribution is -2.29. The molecule has 0 spiro atoms. The molecule has 30 heavy (non-hydrogen) atoms. The summed E-state index contributed by atoms with van der Waals surface area (Å²) in [6, 6.07) is 29.0. The smallest absolute Gasteiger partial charge is 0.267 e. The van der Waals surface area contributed by atoms with Gasteiger partial charge in [-0.3, -0.25) is 9.59 Å². The van der Waals surface area contributed by atoms with Gasteiger partial charge in [0, 0.05) is 11.6 Å². The Balaban J connectivity index is 1.51. The Morgan fingerprint density at radius 3 is 2.27 bits per heavy atom. The molecule has 0 radical (unpaired) electrons. The molecule has 0 aliphatic rings. The highest BCUT2D eigenvalue weighted by Crippen LogP contribution is 2.29. The lowest BCUT2D eigenvalue weighted by molar-refractivity contribution is -0.117. The van der Waals surface area contributed by atoms with Crippen molar-refractivity contribution >= 4 is 11.6 Å². The number of amides is 1. The minimum Gasteiger partial charge on any atom is -0.455 e. The van der Waals surface area contributed by atoms with Crippen LogP contribution in [0.15, 0.2) is 102 Å². The van der Waals surface area contributed by atoms with Crippen LogP contribution in [-0.2, 0) is 11.3 Å². The molecule has 0 bridgehead atoms. The average Bonchev–Trinajstić information content (AvgIpc) is 2.78. The van der Waals surface area contributed by atoms with Gasteiger partial charge in [-0.2, -0.15) is 5.10 Å². The number of hydrogen-bond acceptors (Lipinski definition) is 4. The summed E-state index contributed by atoms with van der Waals surface area (Å²) < 4.78 is 7.01. The number of carbonyl (C=O) groups is 1. The van der Waals surface area contributed by atoms with Crippen LogP contribution in [0.25, 0.3) is 11.3 Å². The number of carbonyl (C=O) groups excluding carboxylic acids is 1. The van der Waals surface area contributed by atoms with Crippen molar-refractivity contribution in [3.63, 3.8) is 0 Å². The Labute approximate surface area is 173 Å². The molecule has 0 aliphatic heterocycles. The van der Waals surface area contributed by atoms with Crippen LogP contribution in [-0.4, -0.2) is 15.7 Å². The Morgan fingerprint density at radius 1 is 0.833 bits per heavy atom. The van der Waals surface area contributed by atoms with Crippen LogP contribution in [0.2, 0.25) is 0 Å². The molecule has 148 valence electrons. The third kappa shape index (κ3) is 4.62. The highest BCUT2D eigenvalue weighted by Gasteiger charge is 2.11. The van der Waals surface area contributed by atoms with Crippen LogP contribution in [0, 0.1) is 0 Å². The molecule has 0 unspecified atom stereocenters. The fourth-order valence-electron chi connectivity index (χ4n) is 2.93. The molecule has 1 N–H and O–H groups in total. The third-order valence-electron chi connectivity index (χ3n) is 4.36. The first-order valence-corrected chi connectivity index (χ1v) is 9.44. The van der Waals surface area contributed by atoms with E-state index in [1.54, 1.807) is 24.3 Å². The van der Waals surface area contributed by atoms with Gasteiger partial charge in [0.2, 0.25) is 5.91 Å². The van der Waals surface area contributed by atoms with E-state index in [0.29, 0.717) is 22.9 Å². The van der Waals surface area contributed by atoms with Crippen molar-refractivity contribution in [2.24, 2.45) is 0 Å². The van der Waals surface area contributed by atoms with Crippen molar-refractivity contribution in [3.8, 4) is 22.8 Å². The Kier molecular flexibility index (Phi) is 5.66. The summed E-state index contributed by atoms with van der Waals surface area (Å²) in [5, 5.41) is 7.13. The van der Waals surface area contributed by atoms with E-state index in [1.807, 2.05) is 66.7 Å². The summed E-state index contributed by atoms with van der Waals surface area (Å²) >= 11 is 0. The van der Waals surface area contributed by atoms with Crippen LogP contribution >= 0.6 is 0 Å². The normalized spacial score (nSPS) is 10.4. The van der Waals surface area contributed by atoms with Crippen LogP contribution < -0.4 is 15.6 Å². The first-order chi connectivity index (χ1) is 14.7. The zero-order chi connectivity index (χ0) is 20.8. The number of benzene rings is 3. The number of aromatic nitrogens is 2. The standard InChI is InChI=1S/C24H19N3O3/c28-23(17-27-24(29)16-15-20(26-27)18-9-3-1-4-10-18)25-21-13-7-8-14-22(21)30-19-11-5-2-6-12-19/h1-16H,17H2,(H,25,28). The molecule has 1 amide bonds.